The van der Waals surface area contributed by atoms with Crippen molar-refractivity contribution in [3.8, 4) is 5.75 Å². The fourth-order valence-corrected chi connectivity index (χ4v) is 1.97. The fourth-order valence-electron chi connectivity index (χ4n) is 1.77. The number of nitrogens with two attached hydrogens (primary N) is 1. The van der Waals surface area contributed by atoms with E-state index < -0.39 is 12.4 Å². The molecule has 0 unspecified atom stereocenters. The van der Waals surface area contributed by atoms with Crippen LogP contribution in [0.15, 0.2) is 48.5 Å². The molecule has 0 spiro atoms. The Morgan fingerprint density at radius 2 is 1.65 bits per heavy atom. The van der Waals surface area contributed by atoms with Gasteiger partial charge >= 0.3 is 6.36 Å². The van der Waals surface area contributed by atoms with Gasteiger partial charge in [0.15, 0.2) is 0 Å². The molecule has 0 radical (unpaired) electrons. The molecule has 0 aliphatic heterocycles. The Kier molecular flexibility index (Phi) is 4.20. The average Bonchev–Trinajstić information content (AvgIpc) is 2.37. The van der Waals surface area contributed by atoms with Crippen molar-refractivity contribution in [3.63, 3.8) is 0 Å². The first-order chi connectivity index (χ1) is 9.35. The Balaban J connectivity index is 2.17. The normalized spacial score (nSPS) is 13.1. The van der Waals surface area contributed by atoms with Gasteiger partial charge in [-0.2, -0.15) is 0 Å². The molecule has 2 aromatic rings. The minimum Gasteiger partial charge on any atom is -0.406 e. The van der Waals surface area contributed by atoms with Crippen LogP contribution in [0.1, 0.15) is 17.2 Å². The second-order valence-electron chi connectivity index (χ2n) is 4.15. The predicted octanol–water partition coefficient (Wildman–Crippen LogP) is 4.29. The smallest absolute Gasteiger partial charge is 0.406 e. The van der Waals surface area contributed by atoms with Crippen LogP contribution in [0.3, 0.4) is 0 Å². The molecule has 2 aromatic carbocycles. The molecule has 0 saturated carbocycles. The predicted molar refractivity (Wildman–Crippen MR) is 70.6 cm³/mol. The van der Waals surface area contributed by atoms with Crippen molar-refractivity contribution in [3.05, 3.63) is 64.7 Å². The van der Waals surface area contributed by atoms with Crippen LogP contribution in [0.25, 0.3) is 0 Å². The summed E-state index contributed by atoms with van der Waals surface area (Å²) in [7, 11) is 0. The maximum Gasteiger partial charge on any atom is 0.573 e. The SMILES string of the molecule is N[C@@H](c1ccc(OC(F)(F)F)cc1)c1cccc(Cl)c1. The van der Waals surface area contributed by atoms with E-state index in [2.05, 4.69) is 4.74 Å². The van der Waals surface area contributed by atoms with E-state index in [1.807, 2.05) is 0 Å². The number of benzene rings is 2. The molecule has 1 atom stereocenters. The van der Waals surface area contributed by atoms with Crippen LogP contribution in [-0.2, 0) is 0 Å². The van der Waals surface area contributed by atoms with Crippen molar-refractivity contribution in [2.24, 2.45) is 5.73 Å². The molecule has 0 saturated heterocycles. The third kappa shape index (κ3) is 3.88. The summed E-state index contributed by atoms with van der Waals surface area (Å²) in [6.07, 6.45) is -4.70. The highest BCUT2D eigenvalue weighted by Gasteiger charge is 2.31. The summed E-state index contributed by atoms with van der Waals surface area (Å²) in [5, 5.41) is 0.551. The first-order valence-electron chi connectivity index (χ1n) is 5.72. The molecule has 6 heteroatoms. The van der Waals surface area contributed by atoms with Crippen molar-refractivity contribution < 1.29 is 17.9 Å². The zero-order valence-electron chi connectivity index (χ0n) is 10.2. The van der Waals surface area contributed by atoms with Gasteiger partial charge < -0.3 is 10.5 Å². The number of rotatable bonds is 3. The van der Waals surface area contributed by atoms with E-state index in [1.165, 1.54) is 24.3 Å². The quantitative estimate of drug-likeness (QED) is 0.918. The number of hydrogen-bond acceptors (Lipinski definition) is 2. The van der Waals surface area contributed by atoms with Gasteiger partial charge in [0, 0.05) is 5.02 Å². The molecule has 0 aromatic heterocycles. The van der Waals surface area contributed by atoms with E-state index in [-0.39, 0.29) is 5.75 Å². The van der Waals surface area contributed by atoms with Gasteiger partial charge in [0.1, 0.15) is 5.75 Å². The lowest BCUT2D eigenvalue weighted by Crippen LogP contribution is -2.17. The largest absolute Gasteiger partial charge is 0.573 e. The lowest BCUT2D eigenvalue weighted by molar-refractivity contribution is -0.274. The molecular weight excluding hydrogens is 291 g/mol. The maximum atomic E-state index is 12.0. The van der Waals surface area contributed by atoms with Crippen LogP contribution in [0.4, 0.5) is 13.2 Å². The summed E-state index contributed by atoms with van der Waals surface area (Å²) >= 11 is 5.87. The van der Waals surface area contributed by atoms with Crippen LogP contribution < -0.4 is 10.5 Å². The highest BCUT2D eigenvalue weighted by molar-refractivity contribution is 6.30. The first kappa shape index (κ1) is 14.7. The topological polar surface area (TPSA) is 35.2 Å². The maximum absolute atomic E-state index is 12.0. The molecule has 20 heavy (non-hydrogen) atoms. The zero-order valence-corrected chi connectivity index (χ0v) is 10.9. The van der Waals surface area contributed by atoms with E-state index in [0.717, 1.165) is 5.56 Å². The van der Waals surface area contributed by atoms with Crippen LogP contribution in [-0.4, -0.2) is 6.36 Å². The summed E-state index contributed by atoms with van der Waals surface area (Å²) in [6.45, 7) is 0. The molecule has 2 nitrogen and oxygen atoms in total. The first-order valence-corrected chi connectivity index (χ1v) is 6.10. The molecule has 106 valence electrons. The van der Waals surface area contributed by atoms with Gasteiger partial charge in [0.25, 0.3) is 0 Å². The Morgan fingerprint density at radius 1 is 1.00 bits per heavy atom. The van der Waals surface area contributed by atoms with Crippen LogP contribution in [0.5, 0.6) is 5.75 Å². The summed E-state index contributed by atoms with van der Waals surface area (Å²) in [4.78, 5) is 0. The lowest BCUT2D eigenvalue weighted by Gasteiger charge is -2.14. The molecule has 0 aliphatic rings. The average molecular weight is 302 g/mol. The number of halogens is 4. The Morgan fingerprint density at radius 3 is 2.20 bits per heavy atom. The highest BCUT2D eigenvalue weighted by atomic mass is 35.5. The van der Waals surface area contributed by atoms with Crippen molar-refractivity contribution in [1.29, 1.82) is 0 Å². The second kappa shape index (κ2) is 5.73. The Bertz CT molecular complexity index is 584. The van der Waals surface area contributed by atoms with Gasteiger partial charge in [-0.1, -0.05) is 35.9 Å². The standard InChI is InChI=1S/C14H11ClF3NO/c15-11-3-1-2-10(8-11)13(19)9-4-6-12(7-5-9)20-14(16,17)18/h1-8,13H,19H2/t13-/m0/s1. The molecule has 0 aliphatic carbocycles. The summed E-state index contributed by atoms with van der Waals surface area (Å²) in [5.41, 5.74) is 7.49. The van der Waals surface area contributed by atoms with Gasteiger partial charge in [-0.25, -0.2) is 0 Å². The third-order valence-electron chi connectivity index (χ3n) is 2.68. The van der Waals surface area contributed by atoms with Gasteiger partial charge in [-0.15, -0.1) is 13.2 Å². The number of hydrogen-bond donors (Lipinski definition) is 1. The Labute approximate surface area is 118 Å². The minimum absolute atomic E-state index is 0.278. The summed E-state index contributed by atoms with van der Waals surface area (Å²) in [6, 6.07) is 12.0. The number of ether oxygens (including phenoxy) is 1. The molecule has 2 N–H and O–H groups in total. The Hall–Kier alpha value is -1.72. The molecule has 2 rings (SSSR count). The lowest BCUT2D eigenvalue weighted by atomic mass is 10.00. The van der Waals surface area contributed by atoms with Gasteiger partial charge in [0.2, 0.25) is 0 Å². The highest BCUT2D eigenvalue weighted by Crippen LogP contribution is 2.26. The van der Waals surface area contributed by atoms with Crippen molar-refractivity contribution in [2.75, 3.05) is 0 Å². The minimum atomic E-state index is -4.70. The van der Waals surface area contributed by atoms with Gasteiger partial charge in [-0.3, -0.25) is 0 Å². The molecule has 0 amide bonds. The zero-order chi connectivity index (χ0) is 14.8. The van der Waals surface area contributed by atoms with E-state index in [4.69, 9.17) is 17.3 Å². The monoisotopic (exact) mass is 301 g/mol. The molecule has 0 bridgehead atoms. The van der Waals surface area contributed by atoms with Crippen LogP contribution >= 0.6 is 11.6 Å². The molecular formula is C14H11ClF3NO. The van der Waals surface area contributed by atoms with Crippen molar-refractivity contribution in [2.45, 2.75) is 12.4 Å². The van der Waals surface area contributed by atoms with Crippen LogP contribution in [0.2, 0.25) is 5.02 Å². The number of alkyl halides is 3. The molecule has 0 fully saturated rings. The van der Waals surface area contributed by atoms with E-state index in [0.29, 0.717) is 10.6 Å². The summed E-state index contributed by atoms with van der Waals surface area (Å²) in [5.74, 6) is -0.278. The summed E-state index contributed by atoms with van der Waals surface area (Å²) < 4.78 is 39.9. The van der Waals surface area contributed by atoms with E-state index in [9.17, 15) is 13.2 Å². The molecule has 0 heterocycles. The second-order valence-corrected chi connectivity index (χ2v) is 4.59. The van der Waals surface area contributed by atoms with Crippen LogP contribution in [0, 0.1) is 0 Å². The van der Waals surface area contributed by atoms with E-state index in [1.54, 1.807) is 24.3 Å². The van der Waals surface area contributed by atoms with Gasteiger partial charge in [0.05, 0.1) is 6.04 Å². The van der Waals surface area contributed by atoms with Crippen molar-refractivity contribution in [1.82, 2.24) is 0 Å². The van der Waals surface area contributed by atoms with E-state index >= 15 is 0 Å². The van der Waals surface area contributed by atoms with Gasteiger partial charge in [-0.05, 0) is 35.4 Å². The third-order valence-corrected chi connectivity index (χ3v) is 2.92. The fraction of sp³-hybridized carbons (Fsp3) is 0.143. The van der Waals surface area contributed by atoms with Crippen molar-refractivity contribution >= 4 is 11.6 Å².